The smallest absolute Gasteiger partial charge is 0.129 e. The molecule has 2 rings (SSSR count). The van der Waals surface area contributed by atoms with E-state index in [1.165, 1.54) is 5.69 Å². The maximum Gasteiger partial charge on any atom is 0.129 e. The lowest BCUT2D eigenvalue weighted by atomic mass is 10.2. The summed E-state index contributed by atoms with van der Waals surface area (Å²) in [5.41, 5.74) is 3.21. The quantitative estimate of drug-likeness (QED) is 0.490. The van der Waals surface area contributed by atoms with E-state index in [4.69, 9.17) is 12.2 Å². The Hall–Kier alpha value is -2.20. The molecular weight excluding hydrogens is 278 g/mol. The van der Waals surface area contributed by atoms with Crippen LogP contribution >= 0.6 is 12.2 Å². The largest absolute Gasteiger partial charge is 0.378 e. The van der Waals surface area contributed by atoms with Crippen LogP contribution in [0.2, 0.25) is 0 Å². The molecule has 108 valence electrons. The van der Waals surface area contributed by atoms with Gasteiger partial charge in [0.25, 0.3) is 0 Å². The molecule has 0 amide bonds. The highest BCUT2D eigenvalue weighted by Crippen LogP contribution is 2.11. The molecule has 0 unspecified atom stereocenters. The lowest BCUT2D eigenvalue weighted by Crippen LogP contribution is -2.20. The minimum absolute atomic E-state index is 0.705. The van der Waals surface area contributed by atoms with E-state index in [0.29, 0.717) is 4.99 Å². The van der Waals surface area contributed by atoms with E-state index >= 15 is 0 Å². The van der Waals surface area contributed by atoms with Crippen LogP contribution in [0.1, 0.15) is 11.1 Å². The summed E-state index contributed by atoms with van der Waals surface area (Å²) in [4.78, 5) is 2.77. The molecule has 2 aromatic carbocycles. The molecule has 0 spiro atoms. The van der Waals surface area contributed by atoms with Crippen LogP contribution in [0.5, 0.6) is 0 Å². The van der Waals surface area contributed by atoms with Crippen molar-refractivity contribution >= 4 is 29.1 Å². The van der Waals surface area contributed by atoms with Crippen LogP contribution in [0.4, 0.5) is 5.69 Å². The average molecular weight is 297 g/mol. The first kappa shape index (κ1) is 15.2. The second kappa shape index (κ2) is 6.99. The number of hydrogen-bond donors (Lipinski definition) is 0. The van der Waals surface area contributed by atoms with Gasteiger partial charge in [-0.1, -0.05) is 54.7 Å². The molecule has 3 nitrogen and oxygen atoms in total. The van der Waals surface area contributed by atoms with E-state index < -0.39 is 0 Å². The number of hydrazone groups is 1. The van der Waals surface area contributed by atoms with Gasteiger partial charge >= 0.3 is 0 Å². The van der Waals surface area contributed by atoms with Gasteiger partial charge in [0.05, 0.1) is 6.21 Å². The molecule has 2 aromatic rings. The maximum absolute atomic E-state index is 5.42. The molecule has 0 bridgehead atoms. The van der Waals surface area contributed by atoms with Crippen molar-refractivity contribution in [3.8, 4) is 0 Å². The van der Waals surface area contributed by atoms with Crippen LogP contribution in [-0.2, 0) is 0 Å². The summed E-state index contributed by atoms with van der Waals surface area (Å²) in [6, 6.07) is 18.1. The minimum Gasteiger partial charge on any atom is -0.378 e. The maximum atomic E-state index is 5.42. The zero-order valence-corrected chi connectivity index (χ0v) is 13.3. The SMILES string of the molecule is CN(/N=C/c1ccc(N(C)C)cc1)C(=S)c1ccccc1. The Bertz CT molecular complexity index is 618. The Balaban J connectivity index is 2.05. The third-order valence-electron chi connectivity index (χ3n) is 3.10. The van der Waals surface area contributed by atoms with Gasteiger partial charge in [0.2, 0.25) is 0 Å². The number of hydrogen-bond acceptors (Lipinski definition) is 3. The predicted molar refractivity (Wildman–Crippen MR) is 94.3 cm³/mol. The molecule has 0 aliphatic carbocycles. The second-order valence-electron chi connectivity index (χ2n) is 4.93. The molecule has 0 saturated heterocycles. The summed E-state index contributed by atoms with van der Waals surface area (Å²) in [7, 11) is 5.91. The Kier molecular flexibility index (Phi) is 5.06. The van der Waals surface area contributed by atoms with Crippen LogP contribution in [0, 0.1) is 0 Å². The predicted octanol–water partition coefficient (Wildman–Crippen LogP) is 3.39. The fraction of sp³-hybridized carbons (Fsp3) is 0.176. The van der Waals surface area contributed by atoms with E-state index in [-0.39, 0.29) is 0 Å². The Morgan fingerprint density at radius 2 is 1.57 bits per heavy atom. The van der Waals surface area contributed by atoms with Crippen LogP contribution < -0.4 is 4.90 Å². The fourth-order valence-corrected chi connectivity index (χ4v) is 2.02. The topological polar surface area (TPSA) is 18.8 Å². The fourth-order valence-electron chi connectivity index (χ4n) is 1.83. The van der Waals surface area contributed by atoms with Gasteiger partial charge in [-0.3, -0.25) is 5.01 Å². The van der Waals surface area contributed by atoms with Crippen LogP contribution in [-0.4, -0.2) is 37.4 Å². The average Bonchev–Trinajstić information content (AvgIpc) is 2.53. The standard InChI is InChI=1S/C17H19N3S/c1-19(2)16-11-9-14(10-12-16)13-18-20(3)17(21)15-7-5-4-6-8-15/h4-13H,1-3H3/b18-13+. The van der Waals surface area contributed by atoms with Crippen molar-refractivity contribution < 1.29 is 0 Å². The monoisotopic (exact) mass is 297 g/mol. The molecule has 0 fully saturated rings. The molecule has 21 heavy (non-hydrogen) atoms. The lowest BCUT2D eigenvalue weighted by Gasteiger charge is -2.14. The molecule has 0 radical (unpaired) electrons. The van der Waals surface area contributed by atoms with E-state index in [2.05, 4.69) is 22.1 Å². The van der Waals surface area contributed by atoms with Gasteiger partial charge in [0.1, 0.15) is 4.99 Å². The van der Waals surface area contributed by atoms with E-state index in [0.717, 1.165) is 11.1 Å². The van der Waals surface area contributed by atoms with Crippen LogP contribution in [0.25, 0.3) is 0 Å². The third kappa shape index (κ3) is 4.13. The lowest BCUT2D eigenvalue weighted by molar-refractivity contribution is 0.559. The van der Waals surface area contributed by atoms with Crippen molar-refractivity contribution in [2.75, 3.05) is 26.0 Å². The van der Waals surface area contributed by atoms with Gasteiger partial charge in [-0.25, -0.2) is 0 Å². The summed E-state index contributed by atoms with van der Waals surface area (Å²) in [6.45, 7) is 0. The molecule has 0 N–H and O–H groups in total. The van der Waals surface area contributed by atoms with Gasteiger partial charge in [0.15, 0.2) is 0 Å². The minimum atomic E-state index is 0.705. The third-order valence-corrected chi connectivity index (χ3v) is 3.60. The van der Waals surface area contributed by atoms with Crippen molar-refractivity contribution in [1.29, 1.82) is 0 Å². The second-order valence-corrected chi connectivity index (χ2v) is 5.31. The van der Waals surface area contributed by atoms with Crippen molar-refractivity contribution in [2.45, 2.75) is 0 Å². The first-order valence-electron chi connectivity index (χ1n) is 6.72. The number of anilines is 1. The number of benzene rings is 2. The molecule has 0 atom stereocenters. The normalized spacial score (nSPS) is 10.6. The Morgan fingerprint density at radius 3 is 2.14 bits per heavy atom. The highest BCUT2D eigenvalue weighted by Gasteiger charge is 2.04. The number of rotatable bonds is 4. The van der Waals surface area contributed by atoms with Crippen molar-refractivity contribution in [1.82, 2.24) is 5.01 Å². The molecule has 0 aromatic heterocycles. The van der Waals surface area contributed by atoms with Gasteiger partial charge in [-0.05, 0) is 17.7 Å². The van der Waals surface area contributed by atoms with Gasteiger partial charge in [0, 0.05) is 32.4 Å². The first-order chi connectivity index (χ1) is 10.1. The molecule has 0 aliphatic heterocycles. The molecule has 4 heteroatoms. The van der Waals surface area contributed by atoms with Crippen LogP contribution in [0.3, 0.4) is 0 Å². The highest BCUT2D eigenvalue weighted by molar-refractivity contribution is 7.80. The van der Waals surface area contributed by atoms with Crippen molar-refractivity contribution in [2.24, 2.45) is 5.10 Å². The number of thiocarbonyl (C=S) groups is 1. The van der Waals surface area contributed by atoms with E-state index in [9.17, 15) is 0 Å². The van der Waals surface area contributed by atoms with Crippen molar-refractivity contribution in [3.63, 3.8) is 0 Å². The van der Waals surface area contributed by atoms with Gasteiger partial charge in [-0.15, -0.1) is 0 Å². The molecule has 0 aliphatic rings. The van der Waals surface area contributed by atoms with Crippen molar-refractivity contribution in [3.05, 3.63) is 65.7 Å². The van der Waals surface area contributed by atoms with Gasteiger partial charge in [-0.2, -0.15) is 5.10 Å². The Labute approximate surface area is 131 Å². The Morgan fingerprint density at radius 1 is 0.952 bits per heavy atom. The number of nitrogens with zero attached hydrogens (tertiary/aromatic N) is 3. The summed E-state index contributed by atoms with van der Waals surface area (Å²) in [6.07, 6.45) is 1.81. The molecule has 0 heterocycles. The summed E-state index contributed by atoms with van der Waals surface area (Å²) in [5.74, 6) is 0. The first-order valence-corrected chi connectivity index (χ1v) is 7.13. The molecule has 0 saturated carbocycles. The zero-order valence-electron chi connectivity index (χ0n) is 12.5. The summed E-state index contributed by atoms with van der Waals surface area (Å²) in [5, 5.41) is 6.11. The summed E-state index contributed by atoms with van der Waals surface area (Å²) >= 11 is 5.42. The van der Waals surface area contributed by atoms with Gasteiger partial charge < -0.3 is 4.90 Å². The highest BCUT2D eigenvalue weighted by atomic mass is 32.1. The zero-order chi connectivity index (χ0) is 15.2. The van der Waals surface area contributed by atoms with Crippen LogP contribution in [0.15, 0.2) is 59.7 Å². The van der Waals surface area contributed by atoms with E-state index in [1.807, 2.05) is 69.8 Å². The molecular formula is C17H19N3S. The van der Waals surface area contributed by atoms with E-state index in [1.54, 1.807) is 5.01 Å². The summed E-state index contributed by atoms with van der Waals surface area (Å²) < 4.78 is 0.